The molecule has 13 nitrogen and oxygen atoms in total. The zero-order valence-corrected chi connectivity index (χ0v) is 20.7. The number of carbonyl (C=O) groups excluding carboxylic acids is 2. The summed E-state index contributed by atoms with van der Waals surface area (Å²) in [5.41, 5.74) is 4.14. The van der Waals surface area contributed by atoms with Gasteiger partial charge in [0.05, 0.1) is 42.6 Å². The summed E-state index contributed by atoms with van der Waals surface area (Å²) in [6, 6.07) is 9.30. The number of nitrogens with one attached hydrogen (secondary N) is 2. The van der Waals surface area contributed by atoms with Crippen LogP contribution >= 0.6 is 0 Å². The average Bonchev–Trinajstić information content (AvgIpc) is 3.52. The van der Waals surface area contributed by atoms with E-state index in [9.17, 15) is 9.59 Å². The first-order chi connectivity index (χ1) is 18.0. The van der Waals surface area contributed by atoms with E-state index >= 15 is 0 Å². The number of methoxy groups -OCH3 is 2. The van der Waals surface area contributed by atoms with Crippen LogP contribution in [0.3, 0.4) is 0 Å². The third-order valence-electron chi connectivity index (χ3n) is 6.21. The highest BCUT2D eigenvalue weighted by Crippen LogP contribution is 2.26. The minimum Gasteiger partial charge on any atom is -0.453 e. The third kappa shape index (κ3) is 4.93. The van der Waals surface area contributed by atoms with Gasteiger partial charge in [0.15, 0.2) is 5.82 Å². The molecule has 1 saturated heterocycles. The molecule has 0 aliphatic carbocycles. The quantitative estimate of drug-likeness (QED) is 0.344. The van der Waals surface area contributed by atoms with E-state index in [4.69, 9.17) is 9.47 Å². The van der Waals surface area contributed by atoms with Crippen molar-refractivity contribution in [2.75, 3.05) is 51.1 Å². The lowest BCUT2D eigenvalue weighted by Crippen LogP contribution is -2.48. The summed E-state index contributed by atoms with van der Waals surface area (Å²) in [5, 5.41) is 23.3. The van der Waals surface area contributed by atoms with Crippen LogP contribution in [0, 0.1) is 6.92 Å². The predicted molar refractivity (Wildman–Crippen MR) is 134 cm³/mol. The summed E-state index contributed by atoms with van der Waals surface area (Å²) >= 11 is 0. The molecule has 1 aliphatic heterocycles. The summed E-state index contributed by atoms with van der Waals surface area (Å²) in [4.78, 5) is 27.8. The zero-order valence-electron chi connectivity index (χ0n) is 20.7. The SMILES string of the molecule is COCCNc1ccn2ncc(C(=O)Nc3cc(-n4nnc(C5CN(C(=O)OC)C5)n4)ccc3C)c2c1. The average molecular weight is 506 g/mol. The molecule has 0 radical (unpaired) electrons. The Morgan fingerprint density at radius 1 is 1.16 bits per heavy atom. The molecule has 1 aliphatic rings. The van der Waals surface area contributed by atoms with Crippen molar-refractivity contribution < 1.29 is 19.1 Å². The van der Waals surface area contributed by atoms with E-state index in [1.807, 2.05) is 31.2 Å². The lowest BCUT2D eigenvalue weighted by Gasteiger charge is -2.35. The summed E-state index contributed by atoms with van der Waals surface area (Å²) in [6.45, 7) is 4.09. The number of aromatic nitrogens is 6. The highest BCUT2D eigenvalue weighted by atomic mass is 16.5. The van der Waals surface area contributed by atoms with Crippen molar-refractivity contribution in [2.24, 2.45) is 0 Å². The van der Waals surface area contributed by atoms with E-state index in [1.54, 1.807) is 35.0 Å². The number of pyridine rings is 1. The number of hydrogen-bond acceptors (Lipinski definition) is 9. The fraction of sp³-hybridized carbons (Fsp3) is 0.333. The Labute approximate surface area is 212 Å². The lowest BCUT2D eigenvalue weighted by molar-refractivity contribution is 0.0863. The van der Waals surface area contributed by atoms with Gasteiger partial charge in [-0.2, -0.15) is 5.10 Å². The number of carbonyl (C=O) groups is 2. The molecule has 0 saturated carbocycles. The normalized spacial score (nSPS) is 13.4. The summed E-state index contributed by atoms with van der Waals surface area (Å²) in [6.07, 6.45) is 2.98. The van der Waals surface area contributed by atoms with Crippen LogP contribution < -0.4 is 10.6 Å². The Balaban J connectivity index is 1.31. The minimum atomic E-state index is -0.368. The summed E-state index contributed by atoms with van der Waals surface area (Å²) < 4.78 is 11.5. The number of ether oxygens (including phenoxy) is 2. The Morgan fingerprint density at radius 2 is 2.00 bits per heavy atom. The van der Waals surface area contributed by atoms with Gasteiger partial charge in [-0.25, -0.2) is 9.31 Å². The first-order valence-electron chi connectivity index (χ1n) is 11.7. The van der Waals surface area contributed by atoms with E-state index in [1.165, 1.54) is 11.9 Å². The Bertz CT molecular complexity index is 1440. The maximum atomic E-state index is 13.2. The van der Waals surface area contributed by atoms with Crippen LogP contribution in [0.4, 0.5) is 16.2 Å². The van der Waals surface area contributed by atoms with E-state index in [0.717, 1.165) is 11.3 Å². The van der Waals surface area contributed by atoms with Gasteiger partial charge in [-0.05, 0) is 42.0 Å². The number of aryl methyl sites for hydroxylation is 1. The van der Waals surface area contributed by atoms with Gasteiger partial charge in [-0.3, -0.25) is 4.79 Å². The van der Waals surface area contributed by atoms with Crippen molar-refractivity contribution in [3.05, 3.63) is 59.7 Å². The molecule has 0 spiro atoms. The van der Waals surface area contributed by atoms with Crippen LogP contribution in [0.25, 0.3) is 11.2 Å². The van der Waals surface area contributed by atoms with Gasteiger partial charge in [0.2, 0.25) is 0 Å². The molecule has 37 heavy (non-hydrogen) atoms. The number of anilines is 2. The van der Waals surface area contributed by atoms with Gasteiger partial charge in [-0.15, -0.1) is 15.0 Å². The topological polar surface area (TPSA) is 141 Å². The molecule has 0 unspecified atom stereocenters. The van der Waals surface area contributed by atoms with Gasteiger partial charge >= 0.3 is 6.09 Å². The summed E-state index contributed by atoms with van der Waals surface area (Å²) in [7, 11) is 3.00. The van der Waals surface area contributed by atoms with Crippen LogP contribution in [0.15, 0.2) is 42.7 Å². The molecule has 1 aromatic carbocycles. The number of tetrazole rings is 1. The molecule has 3 aromatic heterocycles. The fourth-order valence-corrected chi connectivity index (χ4v) is 4.04. The standard InChI is InChI=1S/C24H27N9O4/c1-15-4-5-18(33-29-22(28-30-33)16-13-31(14-16)24(35)37-3)11-20(15)27-23(34)19-12-26-32-8-6-17(10-21(19)32)25-7-9-36-2/h4-6,8,10-12,16,25H,7,9,13-14H2,1-3H3,(H,27,34). The maximum absolute atomic E-state index is 13.2. The molecule has 13 heteroatoms. The summed E-state index contributed by atoms with van der Waals surface area (Å²) in [5.74, 6) is 0.267. The van der Waals surface area contributed by atoms with Crippen molar-refractivity contribution in [2.45, 2.75) is 12.8 Å². The van der Waals surface area contributed by atoms with Crippen molar-refractivity contribution in [1.29, 1.82) is 0 Å². The third-order valence-corrected chi connectivity index (χ3v) is 6.21. The Morgan fingerprint density at radius 3 is 2.78 bits per heavy atom. The molecule has 0 atom stereocenters. The van der Waals surface area contributed by atoms with Crippen molar-refractivity contribution in [1.82, 2.24) is 34.7 Å². The minimum absolute atomic E-state index is 0.00183. The number of hydrogen-bond donors (Lipinski definition) is 2. The fourth-order valence-electron chi connectivity index (χ4n) is 4.04. The molecule has 192 valence electrons. The van der Waals surface area contributed by atoms with Crippen molar-refractivity contribution in [3.8, 4) is 5.69 Å². The van der Waals surface area contributed by atoms with Gasteiger partial charge < -0.3 is 25.0 Å². The number of nitrogens with zero attached hydrogens (tertiary/aromatic N) is 7. The highest BCUT2D eigenvalue weighted by Gasteiger charge is 2.35. The van der Waals surface area contributed by atoms with E-state index in [-0.39, 0.29) is 17.9 Å². The molecule has 2 N–H and O–H groups in total. The highest BCUT2D eigenvalue weighted by molar-refractivity contribution is 6.09. The number of likely N-dealkylation sites (tertiary alicyclic amines) is 1. The number of fused-ring (bicyclic) bond motifs is 1. The first kappa shape index (κ1) is 24.2. The lowest BCUT2D eigenvalue weighted by atomic mass is 10.0. The van der Waals surface area contributed by atoms with Crippen LogP contribution in [0.2, 0.25) is 0 Å². The smallest absolute Gasteiger partial charge is 0.409 e. The van der Waals surface area contributed by atoms with Crippen molar-refractivity contribution in [3.63, 3.8) is 0 Å². The number of amides is 2. The predicted octanol–water partition coefficient (Wildman–Crippen LogP) is 2.09. The first-order valence-corrected chi connectivity index (χ1v) is 11.7. The van der Waals surface area contributed by atoms with Gasteiger partial charge in [0.1, 0.15) is 0 Å². The molecule has 4 heterocycles. The van der Waals surface area contributed by atoms with Gasteiger partial charge in [0.25, 0.3) is 5.91 Å². The molecule has 1 fully saturated rings. The number of benzene rings is 1. The molecule has 5 rings (SSSR count). The largest absolute Gasteiger partial charge is 0.453 e. The zero-order chi connectivity index (χ0) is 25.9. The molecular formula is C24H27N9O4. The van der Waals surface area contributed by atoms with Gasteiger partial charge in [0, 0.05) is 44.3 Å². The number of rotatable bonds is 8. The van der Waals surface area contributed by atoms with Crippen LogP contribution in [0.1, 0.15) is 27.7 Å². The second-order valence-electron chi connectivity index (χ2n) is 8.69. The molecular weight excluding hydrogens is 478 g/mol. The van der Waals surface area contributed by atoms with E-state index < -0.39 is 0 Å². The van der Waals surface area contributed by atoms with Crippen LogP contribution in [-0.4, -0.2) is 87.2 Å². The van der Waals surface area contributed by atoms with E-state index in [0.29, 0.717) is 54.5 Å². The van der Waals surface area contributed by atoms with Crippen molar-refractivity contribution >= 4 is 28.9 Å². The monoisotopic (exact) mass is 505 g/mol. The van der Waals surface area contributed by atoms with Crippen LogP contribution in [-0.2, 0) is 9.47 Å². The second kappa shape index (κ2) is 10.2. The maximum Gasteiger partial charge on any atom is 0.409 e. The Kier molecular flexibility index (Phi) is 6.68. The molecule has 2 amide bonds. The second-order valence-corrected chi connectivity index (χ2v) is 8.69. The van der Waals surface area contributed by atoms with Crippen LogP contribution in [0.5, 0.6) is 0 Å². The Hall–Kier alpha value is -4.52. The molecule has 4 aromatic rings. The van der Waals surface area contributed by atoms with E-state index in [2.05, 4.69) is 31.1 Å². The molecule has 0 bridgehead atoms. The van der Waals surface area contributed by atoms with Gasteiger partial charge in [-0.1, -0.05) is 6.07 Å².